The topological polar surface area (TPSA) is 57.8 Å². The van der Waals surface area contributed by atoms with Crippen LogP contribution in [0.2, 0.25) is 0 Å². The Morgan fingerprint density at radius 3 is 2.84 bits per heavy atom. The number of nitrogens with zero attached hydrogens (tertiary/aromatic N) is 2. The minimum atomic E-state index is -0.222. The molecule has 0 saturated heterocycles. The van der Waals surface area contributed by atoms with Crippen molar-refractivity contribution >= 4 is 29.3 Å². The molecular weight excluding hydrogens is 262 g/mol. The Kier molecular flexibility index (Phi) is 4.01. The Balaban J connectivity index is 1.94. The van der Waals surface area contributed by atoms with Crippen LogP contribution in [0, 0.1) is 6.92 Å². The first-order valence-corrected chi connectivity index (χ1v) is 6.60. The third-order valence-corrected chi connectivity index (χ3v) is 3.27. The Morgan fingerprint density at radius 1 is 1.47 bits per heavy atom. The first kappa shape index (κ1) is 13.4. The van der Waals surface area contributed by atoms with Gasteiger partial charge in [0.15, 0.2) is 5.88 Å². The van der Waals surface area contributed by atoms with Crippen LogP contribution < -0.4 is 10.3 Å². The molecule has 0 spiro atoms. The van der Waals surface area contributed by atoms with Crippen molar-refractivity contribution in [2.24, 2.45) is 5.10 Å². The highest BCUT2D eigenvalue weighted by molar-refractivity contribution is 7.10. The number of aryl methyl sites for hydroxylation is 1. The summed E-state index contributed by atoms with van der Waals surface area (Å²) in [4.78, 5) is 14.6. The molecule has 2 heterocycles. The lowest BCUT2D eigenvalue weighted by Gasteiger charge is -2.05. The molecule has 0 bridgehead atoms. The van der Waals surface area contributed by atoms with E-state index in [-0.39, 0.29) is 5.91 Å². The molecule has 0 fully saturated rings. The SMILES string of the molecule is Cc1cc(C(=O)NN=Cc2ccc(N(C)C)o2)cs1. The molecule has 5 nitrogen and oxygen atoms in total. The number of carbonyl (C=O) groups is 1. The minimum absolute atomic E-state index is 0.222. The molecule has 2 rings (SSSR count). The Bertz CT molecular complexity index is 599. The summed E-state index contributed by atoms with van der Waals surface area (Å²) in [5, 5.41) is 5.67. The van der Waals surface area contributed by atoms with E-state index < -0.39 is 0 Å². The van der Waals surface area contributed by atoms with Crippen molar-refractivity contribution in [3.8, 4) is 0 Å². The number of furan rings is 1. The molecule has 1 amide bonds. The van der Waals surface area contributed by atoms with Gasteiger partial charge in [0.1, 0.15) is 5.76 Å². The number of anilines is 1. The van der Waals surface area contributed by atoms with Crippen molar-refractivity contribution in [3.63, 3.8) is 0 Å². The van der Waals surface area contributed by atoms with Crippen LogP contribution in [0.3, 0.4) is 0 Å². The van der Waals surface area contributed by atoms with Crippen molar-refractivity contribution in [1.82, 2.24) is 5.43 Å². The molecule has 2 aromatic heterocycles. The van der Waals surface area contributed by atoms with Crippen LogP contribution in [0.5, 0.6) is 0 Å². The number of hydrazone groups is 1. The van der Waals surface area contributed by atoms with E-state index in [9.17, 15) is 4.79 Å². The maximum Gasteiger partial charge on any atom is 0.272 e. The summed E-state index contributed by atoms with van der Waals surface area (Å²) >= 11 is 1.53. The molecule has 0 aliphatic heterocycles. The lowest BCUT2D eigenvalue weighted by Crippen LogP contribution is -2.16. The average molecular weight is 277 g/mol. The second kappa shape index (κ2) is 5.71. The van der Waals surface area contributed by atoms with E-state index in [0.29, 0.717) is 11.3 Å². The van der Waals surface area contributed by atoms with Gasteiger partial charge >= 0.3 is 0 Å². The summed E-state index contributed by atoms with van der Waals surface area (Å²) < 4.78 is 5.46. The lowest BCUT2D eigenvalue weighted by atomic mass is 10.3. The second-order valence-electron chi connectivity index (χ2n) is 4.22. The van der Waals surface area contributed by atoms with Crippen LogP contribution in [-0.2, 0) is 0 Å². The van der Waals surface area contributed by atoms with Gasteiger partial charge in [0.05, 0.1) is 11.8 Å². The van der Waals surface area contributed by atoms with Crippen molar-refractivity contribution in [3.05, 3.63) is 39.8 Å². The van der Waals surface area contributed by atoms with E-state index in [1.165, 1.54) is 17.6 Å². The number of hydrogen-bond donors (Lipinski definition) is 1. The minimum Gasteiger partial charge on any atom is -0.440 e. The maximum atomic E-state index is 11.7. The fourth-order valence-electron chi connectivity index (χ4n) is 1.43. The first-order chi connectivity index (χ1) is 9.06. The predicted molar refractivity (Wildman–Crippen MR) is 77.2 cm³/mol. The number of hydrogen-bond acceptors (Lipinski definition) is 5. The van der Waals surface area contributed by atoms with E-state index in [4.69, 9.17) is 4.42 Å². The van der Waals surface area contributed by atoms with Crippen molar-refractivity contribution in [2.45, 2.75) is 6.92 Å². The highest BCUT2D eigenvalue weighted by Gasteiger charge is 2.06. The summed E-state index contributed by atoms with van der Waals surface area (Å²) in [5.74, 6) is 1.10. The van der Waals surface area contributed by atoms with Crippen molar-refractivity contribution in [2.75, 3.05) is 19.0 Å². The summed E-state index contributed by atoms with van der Waals surface area (Å²) in [6.45, 7) is 1.95. The molecule has 6 heteroatoms. The third-order valence-electron chi connectivity index (χ3n) is 2.40. The van der Waals surface area contributed by atoms with Crippen LogP contribution in [0.1, 0.15) is 21.0 Å². The first-order valence-electron chi connectivity index (χ1n) is 5.72. The molecule has 2 aromatic rings. The van der Waals surface area contributed by atoms with Gasteiger partial charge in [-0.15, -0.1) is 11.3 Å². The molecule has 0 saturated carbocycles. The van der Waals surface area contributed by atoms with Gasteiger partial charge in [0, 0.05) is 30.4 Å². The van der Waals surface area contributed by atoms with Crippen LogP contribution >= 0.6 is 11.3 Å². The fourth-order valence-corrected chi connectivity index (χ4v) is 2.12. The third kappa shape index (κ3) is 3.45. The van der Waals surface area contributed by atoms with Crippen LogP contribution in [0.15, 0.2) is 33.1 Å². The summed E-state index contributed by atoms with van der Waals surface area (Å²) in [6, 6.07) is 5.46. The molecule has 0 aliphatic rings. The van der Waals surface area contributed by atoms with Crippen molar-refractivity contribution in [1.29, 1.82) is 0 Å². The number of thiophene rings is 1. The summed E-state index contributed by atoms with van der Waals surface area (Å²) in [7, 11) is 3.78. The zero-order chi connectivity index (χ0) is 13.8. The quantitative estimate of drug-likeness (QED) is 0.690. The lowest BCUT2D eigenvalue weighted by molar-refractivity contribution is 0.0955. The standard InChI is InChI=1S/C13H15N3O2S/c1-9-6-10(8-19-9)13(17)15-14-7-11-4-5-12(18-11)16(2)3/h4-8H,1-3H3,(H,15,17). The van der Waals surface area contributed by atoms with E-state index >= 15 is 0 Å². The smallest absolute Gasteiger partial charge is 0.272 e. The molecule has 100 valence electrons. The number of carbonyl (C=O) groups excluding carboxylic acids is 1. The van der Waals surface area contributed by atoms with Gasteiger partial charge in [-0.2, -0.15) is 5.10 Å². The largest absolute Gasteiger partial charge is 0.440 e. The number of nitrogens with one attached hydrogen (secondary N) is 1. The van der Waals surface area contributed by atoms with Gasteiger partial charge in [-0.3, -0.25) is 4.79 Å². The summed E-state index contributed by atoms with van der Waals surface area (Å²) in [6.07, 6.45) is 1.48. The normalized spacial score (nSPS) is 10.9. The molecule has 19 heavy (non-hydrogen) atoms. The average Bonchev–Trinajstić information content (AvgIpc) is 2.98. The van der Waals surface area contributed by atoms with E-state index in [2.05, 4.69) is 10.5 Å². The molecule has 0 aliphatic carbocycles. The zero-order valence-electron chi connectivity index (χ0n) is 11.0. The van der Waals surface area contributed by atoms with Gasteiger partial charge < -0.3 is 9.32 Å². The molecule has 1 N–H and O–H groups in total. The van der Waals surface area contributed by atoms with Crippen molar-refractivity contribution < 1.29 is 9.21 Å². The predicted octanol–water partition coefficient (Wildman–Crippen LogP) is 2.48. The maximum absolute atomic E-state index is 11.7. The molecule has 0 atom stereocenters. The van der Waals surface area contributed by atoms with Gasteiger partial charge in [-0.05, 0) is 19.1 Å². The molecule has 0 unspecified atom stereocenters. The number of amides is 1. The monoisotopic (exact) mass is 277 g/mol. The Labute approximate surface area is 115 Å². The fraction of sp³-hybridized carbons (Fsp3) is 0.231. The second-order valence-corrected chi connectivity index (χ2v) is 5.33. The highest BCUT2D eigenvalue weighted by Crippen LogP contribution is 2.14. The van der Waals surface area contributed by atoms with E-state index in [1.54, 1.807) is 11.4 Å². The zero-order valence-corrected chi connectivity index (χ0v) is 11.8. The molecule has 0 radical (unpaired) electrons. The van der Waals surface area contributed by atoms with Crippen LogP contribution in [0.4, 0.5) is 5.88 Å². The summed E-state index contributed by atoms with van der Waals surface area (Å²) in [5.41, 5.74) is 3.08. The van der Waals surface area contributed by atoms with Gasteiger partial charge in [-0.25, -0.2) is 5.43 Å². The Hall–Kier alpha value is -2.08. The molecular formula is C13H15N3O2S. The van der Waals surface area contributed by atoms with Crippen LogP contribution in [0.25, 0.3) is 0 Å². The molecule has 0 aromatic carbocycles. The van der Waals surface area contributed by atoms with E-state index in [1.807, 2.05) is 38.1 Å². The number of rotatable bonds is 4. The van der Waals surface area contributed by atoms with Crippen LogP contribution in [-0.4, -0.2) is 26.2 Å². The van der Waals surface area contributed by atoms with Gasteiger partial charge in [0.25, 0.3) is 5.91 Å². The highest BCUT2D eigenvalue weighted by atomic mass is 32.1. The van der Waals surface area contributed by atoms with Gasteiger partial charge in [0.2, 0.25) is 0 Å². The van der Waals surface area contributed by atoms with E-state index in [0.717, 1.165) is 10.8 Å². The Morgan fingerprint density at radius 2 is 2.26 bits per heavy atom. The van der Waals surface area contributed by atoms with Gasteiger partial charge in [-0.1, -0.05) is 0 Å².